The number of aliphatic hydroxyl groups is 1. The summed E-state index contributed by atoms with van der Waals surface area (Å²) < 4.78 is 5.78. The van der Waals surface area contributed by atoms with Gasteiger partial charge in [0.05, 0.1) is 18.1 Å². The maximum absolute atomic E-state index is 11.9. The first-order valence-electron chi connectivity index (χ1n) is 5.30. The average Bonchev–Trinajstić information content (AvgIpc) is 2.78. The van der Waals surface area contributed by atoms with E-state index in [2.05, 4.69) is 0 Å². The predicted molar refractivity (Wildman–Crippen MR) is 46.0 cm³/mol. The first kappa shape index (κ1) is 7.65. The van der Waals surface area contributed by atoms with Crippen LogP contribution < -0.4 is 0 Å². The Morgan fingerprint density at radius 3 is 3.07 bits per heavy atom. The number of nitrogens with zero attached hydrogens (tertiary/aromatic N) is 1. The van der Waals surface area contributed by atoms with Gasteiger partial charge in [-0.1, -0.05) is 0 Å². The van der Waals surface area contributed by atoms with E-state index in [1.165, 1.54) is 0 Å². The lowest BCUT2D eigenvalue weighted by atomic mass is 9.80. The van der Waals surface area contributed by atoms with Crippen LogP contribution in [0.4, 0.5) is 0 Å². The molecule has 4 heteroatoms. The molecular formula is C10H13NO3. The van der Waals surface area contributed by atoms with Gasteiger partial charge in [0, 0.05) is 13.0 Å². The molecule has 2 aliphatic heterocycles. The van der Waals surface area contributed by atoms with Crippen molar-refractivity contribution in [3.63, 3.8) is 0 Å². The molecule has 2 saturated heterocycles. The highest BCUT2D eigenvalue weighted by molar-refractivity contribution is 5.83. The second-order valence-corrected chi connectivity index (χ2v) is 5.10. The summed E-state index contributed by atoms with van der Waals surface area (Å²) in [5.41, 5.74) is 0. The molecule has 0 unspecified atom stereocenters. The van der Waals surface area contributed by atoms with Crippen LogP contribution in [0.2, 0.25) is 0 Å². The Bertz CT molecular complexity index is 331. The van der Waals surface area contributed by atoms with E-state index in [1.807, 2.05) is 7.05 Å². The highest BCUT2D eigenvalue weighted by Gasteiger charge is 2.71. The Morgan fingerprint density at radius 2 is 2.29 bits per heavy atom. The second kappa shape index (κ2) is 1.99. The van der Waals surface area contributed by atoms with Crippen LogP contribution in [-0.2, 0) is 9.53 Å². The van der Waals surface area contributed by atoms with Crippen LogP contribution in [0.5, 0.6) is 0 Å². The SMILES string of the molecule is CN1C(=O)[C@@H]2[C@H]3C[C@H]4[C@H](O[C@@H]1[C@H]42)[C@H]3O. The summed E-state index contributed by atoms with van der Waals surface area (Å²) in [5, 5.41) is 9.94. The first-order chi connectivity index (χ1) is 6.70. The van der Waals surface area contributed by atoms with E-state index in [0.29, 0.717) is 11.8 Å². The normalized spacial score (nSPS) is 63.1. The van der Waals surface area contributed by atoms with E-state index in [1.54, 1.807) is 4.90 Å². The van der Waals surface area contributed by atoms with Crippen molar-refractivity contribution in [2.24, 2.45) is 23.7 Å². The van der Waals surface area contributed by atoms with Gasteiger partial charge in [0.15, 0.2) is 0 Å². The first-order valence-corrected chi connectivity index (χ1v) is 5.30. The van der Waals surface area contributed by atoms with Gasteiger partial charge in [0.25, 0.3) is 0 Å². The Labute approximate surface area is 81.8 Å². The maximum atomic E-state index is 11.9. The summed E-state index contributed by atoms with van der Waals surface area (Å²) in [6.07, 6.45) is 0.590. The molecule has 4 aliphatic rings. The minimum atomic E-state index is -0.385. The van der Waals surface area contributed by atoms with Gasteiger partial charge >= 0.3 is 0 Å². The summed E-state index contributed by atoms with van der Waals surface area (Å²) in [6.45, 7) is 0. The number of ether oxygens (including phenoxy) is 1. The number of amides is 1. The Kier molecular flexibility index (Phi) is 1.09. The van der Waals surface area contributed by atoms with Gasteiger partial charge in [-0.3, -0.25) is 4.79 Å². The van der Waals surface area contributed by atoms with Gasteiger partial charge in [0.2, 0.25) is 5.91 Å². The molecule has 2 heterocycles. The number of likely N-dealkylation sites (tertiary alicyclic amines) is 1. The molecule has 4 rings (SSSR count). The molecule has 14 heavy (non-hydrogen) atoms. The Morgan fingerprint density at radius 1 is 1.50 bits per heavy atom. The third-order valence-corrected chi connectivity index (χ3v) is 4.75. The number of rotatable bonds is 0. The van der Waals surface area contributed by atoms with E-state index < -0.39 is 0 Å². The monoisotopic (exact) mass is 195 g/mol. The number of hydrogen-bond donors (Lipinski definition) is 1. The molecule has 7 atom stereocenters. The van der Waals surface area contributed by atoms with Crippen molar-refractivity contribution in [2.45, 2.75) is 24.9 Å². The van der Waals surface area contributed by atoms with Crippen LogP contribution in [0.15, 0.2) is 0 Å². The lowest BCUT2D eigenvalue weighted by Crippen LogP contribution is -2.42. The van der Waals surface area contributed by atoms with E-state index in [0.717, 1.165) is 6.42 Å². The van der Waals surface area contributed by atoms with Gasteiger partial charge in [0.1, 0.15) is 6.23 Å². The maximum Gasteiger partial charge on any atom is 0.228 e. The molecule has 2 bridgehead atoms. The minimum Gasteiger partial charge on any atom is -0.390 e. The van der Waals surface area contributed by atoms with Crippen molar-refractivity contribution >= 4 is 5.91 Å². The molecule has 76 valence electrons. The van der Waals surface area contributed by atoms with Crippen LogP contribution in [0.25, 0.3) is 0 Å². The lowest BCUT2D eigenvalue weighted by Gasteiger charge is -2.28. The van der Waals surface area contributed by atoms with Gasteiger partial charge in [-0.2, -0.15) is 0 Å². The molecule has 0 aromatic rings. The van der Waals surface area contributed by atoms with Gasteiger partial charge in [-0.05, 0) is 18.3 Å². The Balaban J connectivity index is 1.88. The number of fused-ring (bicyclic) bond motifs is 2. The Hall–Kier alpha value is -0.610. The highest BCUT2D eigenvalue weighted by atomic mass is 16.5. The molecule has 1 amide bonds. The average molecular weight is 195 g/mol. The van der Waals surface area contributed by atoms with E-state index >= 15 is 0 Å². The summed E-state index contributed by atoms with van der Waals surface area (Å²) in [5.74, 6) is 1.25. The summed E-state index contributed by atoms with van der Waals surface area (Å²) in [7, 11) is 1.82. The quantitative estimate of drug-likeness (QED) is 0.563. The smallest absolute Gasteiger partial charge is 0.228 e. The molecule has 4 fully saturated rings. The van der Waals surface area contributed by atoms with Crippen LogP contribution in [-0.4, -0.2) is 41.4 Å². The van der Waals surface area contributed by atoms with Crippen molar-refractivity contribution in [1.29, 1.82) is 0 Å². The van der Waals surface area contributed by atoms with Gasteiger partial charge in [-0.15, -0.1) is 0 Å². The number of aliphatic hydroxyl groups excluding tert-OH is 1. The predicted octanol–water partition coefficient (Wildman–Crippen LogP) is -0.574. The third-order valence-electron chi connectivity index (χ3n) is 4.75. The fourth-order valence-electron chi connectivity index (χ4n) is 4.25. The molecule has 1 N–H and O–H groups in total. The minimum absolute atomic E-state index is 0.0156. The van der Waals surface area contributed by atoms with Crippen LogP contribution in [0, 0.1) is 23.7 Å². The largest absolute Gasteiger partial charge is 0.390 e. The van der Waals surface area contributed by atoms with Crippen LogP contribution >= 0.6 is 0 Å². The second-order valence-electron chi connectivity index (χ2n) is 5.10. The topological polar surface area (TPSA) is 49.8 Å². The van der Waals surface area contributed by atoms with Gasteiger partial charge < -0.3 is 14.7 Å². The fraction of sp³-hybridized carbons (Fsp3) is 0.900. The summed E-state index contributed by atoms with van der Waals surface area (Å²) in [4.78, 5) is 13.6. The third kappa shape index (κ3) is 0.547. The standard InChI is InChI=1S/C10H13NO3/c1-11-9(13)5-3-2-4-6(5)10(11)14-8(4)7(3)12/h3-8,10,12H,2H2,1H3/t3-,4-,5-,6-,7+,8+,10-/m1/s1. The zero-order valence-corrected chi connectivity index (χ0v) is 7.96. The summed E-state index contributed by atoms with van der Waals surface area (Å²) >= 11 is 0. The van der Waals surface area contributed by atoms with Gasteiger partial charge in [-0.25, -0.2) is 0 Å². The van der Waals surface area contributed by atoms with Crippen molar-refractivity contribution in [3.05, 3.63) is 0 Å². The van der Waals surface area contributed by atoms with Crippen molar-refractivity contribution < 1.29 is 14.6 Å². The molecule has 0 spiro atoms. The molecule has 0 aromatic carbocycles. The molecule has 0 radical (unpaired) electrons. The molecule has 0 aromatic heterocycles. The number of carbonyl (C=O) groups excluding carboxylic acids is 1. The van der Waals surface area contributed by atoms with Crippen molar-refractivity contribution in [1.82, 2.24) is 4.90 Å². The zero-order chi connectivity index (χ0) is 9.61. The lowest BCUT2D eigenvalue weighted by molar-refractivity contribution is -0.148. The number of hydrogen-bond acceptors (Lipinski definition) is 3. The van der Waals surface area contributed by atoms with Crippen molar-refractivity contribution in [2.75, 3.05) is 7.05 Å². The van der Waals surface area contributed by atoms with Crippen molar-refractivity contribution in [3.8, 4) is 0 Å². The van der Waals surface area contributed by atoms with Crippen LogP contribution in [0.3, 0.4) is 0 Å². The number of carbonyl (C=O) groups is 1. The van der Waals surface area contributed by atoms with E-state index in [4.69, 9.17) is 4.74 Å². The highest BCUT2D eigenvalue weighted by Crippen LogP contribution is 2.63. The fourth-order valence-corrected chi connectivity index (χ4v) is 4.25. The molecular weight excluding hydrogens is 182 g/mol. The van der Waals surface area contributed by atoms with E-state index in [-0.39, 0.29) is 36.2 Å². The zero-order valence-electron chi connectivity index (χ0n) is 7.96. The van der Waals surface area contributed by atoms with E-state index in [9.17, 15) is 9.90 Å². The molecule has 2 aliphatic carbocycles. The van der Waals surface area contributed by atoms with Crippen LogP contribution in [0.1, 0.15) is 6.42 Å². The summed E-state index contributed by atoms with van der Waals surface area (Å²) in [6, 6.07) is 0. The molecule has 4 nitrogen and oxygen atoms in total. The molecule has 2 saturated carbocycles.